The van der Waals surface area contributed by atoms with Crippen LogP contribution in [0.4, 0.5) is 5.69 Å². The summed E-state index contributed by atoms with van der Waals surface area (Å²) in [5.74, 6) is -1.01. The molecule has 1 atom stereocenters. The molecule has 0 N–H and O–H groups in total. The smallest absolute Gasteiger partial charge is 0.252 e. The third-order valence-corrected chi connectivity index (χ3v) is 6.87. The Hall–Kier alpha value is -2.08. The second-order valence-electron chi connectivity index (χ2n) is 8.23. The summed E-state index contributed by atoms with van der Waals surface area (Å²) >= 11 is 13.3. The van der Waals surface area contributed by atoms with Crippen LogP contribution in [0.3, 0.4) is 0 Å². The van der Waals surface area contributed by atoms with Crippen LogP contribution in [0.5, 0.6) is 0 Å². The van der Waals surface area contributed by atoms with Crippen molar-refractivity contribution in [2.24, 2.45) is 5.41 Å². The number of allylic oxidation sites excluding steroid dienone is 2. The van der Waals surface area contributed by atoms with Gasteiger partial charge in [-0.05, 0) is 54.3 Å². The summed E-state index contributed by atoms with van der Waals surface area (Å²) in [6.45, 7) is 3.93. The van der Waals surface area contributed by atoms with E-state index >= 15 is 0 Å². The number of hydrogen-bond donors (Lipinski definition) is 0. The molecule has 0 saturated heterocycles. The van der Waals surface area contributed by atoms with Gasteiger partial charge in [-0.15, -0.1) is 11.8 Å². The van der Waals surface area contributed by atoms with Crippen LogP contribution < -0.4 is 4.90 Å². The van der Waals surface area contributed by atoms with Crippen molar-refractivity contribution in [1.82, 2.24) is 0 Å². The molecular weight excluding hydrogens is 441 g/mol. The molecule has 1 aliphatic heterocycles. The van der Waals surface area contributed by atoms with Gasteiger partial charge in [0.1, 0.15) is 0 Å². The first-order valence-corrected chi connectivity index (χ1v) is 11.1. The highest BCUT2D eigenvalue weighted by Gasteiger charge is 2.48. The van der Waals surface area contributed by atoms with Gasteiger partial charge in [0.05, 0.1) is 11.3 Å². The average molecular weight is 460 g/mol. The number of thioether (sulfide) groups is 1. The van der Waals surface area contributed by atoms with E-state index in [1.54, 1.807) is 48.5 Å². The lowest BCUT2D eigenvalue weighted by Gasteiger charge is -2.41. The van der Waals surface area contributed by atoms with Crippen LogP contribution in [-0.4, -0.2) is 22.7 Å². The Labute approximate surface area is 189 Å². The van der Waals surface area contributed by atoms with Crippen molar-refractivity contribution in [1.29, 1.82) is 0 Å². The maximum absolute atomic E-state index is 13.6. The Bertz CT molecular complexity index is 1090. The second-order valence-corrected chi connectivity index (χ2v) is 10.3. The summed E-state index contributed by atoms with van der Waals surface area (Å²) in [5, 5.41) is -0.00685. The second kappa shape index (κ2) is 7.88. The molecule has 0 aromatic heterocycles. The number of amides is 1. The predicted octanol–water partition coefficient (Wildman–Crippen LogP) is 5.71. The number of benzene rings is 2. The minimum atomic E-state index is -1.05. The van der Waals surface area contributed by atoms with Gasteiger partial charge in [-0.2, -0.15) is 0 Å². The minimum absolute atomic E-state index is 0.139. The first kappa shape index (κ1) is 21.2. The van der Waals surface area contributed by atoms with E-state index in [-0.39, 0.29) is 29.1 Å². The first-order valence-electron chi connectivity index (χ1n) is 9.49. The number of anilines is 1. The molecule has 0 spiro atoms. The topological polar surface area (TPSA) is 54.5 Å². The molecule has 1 aliphatic carbocycles. The number of Topliss-reactive ketones (excluding diaryl/α,β-unsaturated/α-hetero) is 2. The normalized spacial score (nSPS) is 21.1. The van der Waals surface area contributed by atoms with E-state index in [4.69, 9.17) is 23.2 Å². The number of hydrogen-bond acceptors (Lipinski definition) is 4. The quantitative estimate of drug-likeness (QED) is 0.435. The van der Waals surface area contributed by atoms with Crippen LogP contribution in [0.15, 0.2) is 64.7 Å². The van der Waals surface area contributed by atoms with E-state index in [2.05, 4.69) is 0 Å². The van der Waals surface area contributed by atoms with Crippen LogP contribution in [0, 0.1) is 5.41 Å². The van der Waals surface area contributed by atoms with Crippen molar-refractivity contribution < 1.29 is 14.4 Å². The maximum atomic E-state index is 13.6. The Morgan fingerprint density at radius 1 is 0.967 bits per heavy atom. The summed E-state index contributed by atoms with van der Waals surface area (Å²) in [5.41, 5.74) is 0.824. The fourth-order valence-corrected chi connectivity index (χ4v) is 5.21. The number of carbonyl (C=O) groups is 3. The van der Waals surface area contributed by atoms with Gasteiger partial charge in [0.25, 0.3) is 5.91 Å². The Kier molecular flexibility index (Phi) is 5.56. The zero-order valence-electron chi connectivity index (χ0n) is 16.4. The van der Waals surface area contributed by atoms with E-state index in [0.717, 1.165) is 16.7 Å². The molecule has 4 rings (SSSR count). The highest BCUT2D eigenvalue weighted by molar-refractivity contribution is 8.01. The van der Waals surface area contributed by atoms with Crippen LogP contribution in [-0.2, 0) is 14.4 Å². The highest BCUT2D eigenvalue weighted by Crippen LogP contribution is 2.45. The van der Waals surface area contributed by atoms with Gasteiger partial charge in [0.15, 0.2) is 16.8 Å². The predicted molar refractivity (Wildman–Crippen MR) is 120 cm³/mol. The molecule has 0 radical (unpaired) electrons. The third-order valence-electron chi connectivity index (χ3n) is 5.19. The van der Waals surface area contributed by atoms with Crippen molar-refractivity contribution in [2.45, 2.75) is 36.8 Å². The number of rotatable bonds is 3. The van der Waals surface area contributed by atoms with Gasteiger partial charge in [-0.25, -0.2) is 0 Å². The fraction of sp³-hybridized carbons (Fsp3) is 0.261. The largest absolute Gasteiger partial charge is 0.294 e. The van der Waals surface area contributed by atoms with Crippen molar-refractivity contribution in [3.63, 3.8) is 0 Å². The molecule has 7 heteroatoms. The van der Waals surface area contributed by atoms with E-state index in [1.807, 2.05) is 13.8 Å². The molecule has 2 aliphatic rings. The number of halogens is 2. The lowest BCUT2D eigenvalue weighted by atomic mass is 9.73. The van der Waals surface area contributed by atoms with Crippen molar-refractivity contribution >= 4 is 58.1 Å². The van der Waals surface area contributed by atoms with Crippen LogP contribution in [0.25, 0.3) is 0 Å². The van der Waals surface area contributed by atoms with Crippen molar-refractivity contribution in [3.05, 3.63) is 69.8 Å². The summed E-state index contributed by atoms with van der Waals surface area (Å²) in [4.78, 5) is 42.1. The molecule has 1 unspecified atom stereocenters. The van der Waals surface area contributed by atoms with Gasteiger partial charge >= 0.3 is 0 Å². The molecule has 4 nitrogen and oxygen atoms in total. The van der Waals surface area contributed by atoms with Gasteiger partial charge in [-0.3, -0.25) is 19.3 Å². The molecule has 0 saturated carbocycles. The summed E-state index contributed by atoms with van der Waals surface area (Å²) in [7, 11) is 0. The Morgan fingerprint density at radius 2 is 1.67 bits per heavy atom. The molecule has 2 aromatic rings. The summed E-state index contributed by atoms with van der Waals surface area (Å²) in [6.07, 6.45) is 0.726. The van der Waals surface area contributed by atoms with Gasteiger partial charge in [0, 0.05) is 27.1 Å². The lowest BCUT2D eigenvalue weighted by Crippen LogP contribution is -2.51. The molecule has 1 heterocycles. The van der Waals surface area contributed by atoms with E-state index in [9.17, 15) is 14.4 Å². The molecule has 1 amide bonds. The zero-order chi connectivity index (χ0) is 21.6. The average Bonchev–Trinajstić information content (AvgIpc) is 2.65. The maximum Gasteiger partial charge on any atom is 0.252 e. The van der Waals surface area contributed by atoms with E-state index < -0.39 is 11.0 Å². The molecule has 0 bridgehead atoms. The summed E-state index contributed by atoms with van der Waals surface area (Å²) < 4.78 is 0. The molecule has 30 heavy (non-hydrogen) atoms. The monoisotopic (exact) mass is 459 g/mol. The van der Waals surface area contributed by atoms with Gasteiger partial charge in [-0.1, -0.05) is 43.1 Å². The van der Waals surface area contributed by atoms with Crippen LogP contribution in [0.2, 0.25) is 10.0 Å². The summed E-state index contributed by atoms with van der Waals surface area (Å²) in [6, 6.07) is 13.8. The fourth-order valence-electron chi connectivity index (χ4n) is 3.90. The van der Waals surface area contributed by atoms with E-state index in [1.165, 1.54) is 4.90 Å². The first-order chi connectivity index (χ1) is 14.2. The molecule has 2 aromatic carbocycles. The number of carbonyl (C=O) groups excluding carboxylic acids is 3. The number of ketones is 2. The van der Waals surface area contributed by atoms with Crippen LogP contribution in [0.1, 0.15) is 26.7 Å². The Balaban J connectivity index is 1.84. The molecular formula is C23H19Cl2NO3S. The SMILES string of the molecule is CC1(C)CC(=O)C2=C(C1)N(c1cccc(Cl)c1)C(=O)C(Sc1ccc(Cl)cc1)C2=O. The molecule has 0 fully saturated rings. The standard InChI is InChI=1S/C23H19Cl2NO3S/c1-23(2)11-17-19(18(27)12-23)20(28)21(30-16-8-6-13(24)7-9-16)22(29)26(17)15-5-3-4-14(25)10-15/h3-10,21H,11-12H2,1-2H3. The van der Waals surface area contributed by atoms with E-state index in [0.29, 0.717) is 27.9 Å². The number of nitrogens with zero attached hydrogens (tertiary/aromatic N) is 1. The minimum Gasteiger partial charge on any atom is -0.294 e. The van der Waals surface area contributed by atoms with Crippen molar-refractivity contribution in [3.8, 4) is 0 Å². The Morgan fingerprint density at radius 3 is 2.33 bits per heavy atom. The van der Waals surface area contributed by atoms with Crippen molar-refractivity contribution in [2.75, 3.05) is 4.90 Å². The zero-order valence-corrected chi connectivity index (χ0v) is 18.8. The molecule has 154 valence electrons. The van der Waals surface area contributed by atoms with Crippen LogP contribution >= 0.6 is 35.0 Å². The van der Waals surface area contributed by atoms with Gasteiger partial charge < -0.3 is 0 Å². The highest BCUT2D eigenvalue weighted by atomic mass is 35.5. The van der Waals surface area contributed by atoms with Gasteiger partial charge in [0.2, 0.25) is 0 Å². The lowest BCUT2D eigenvalue weighted by molar-refractivity contribution is -0.127. The third kappa shape index (κ3) is 3.94.